The molecule has 20 heavy (non-hydrogen) atoms. The fourth-order valence-electron chi connectivity index (χ4n) is 2.56. The largest absolute Gasteiger partial charge is 0.480 e. The number of nitrogens with zero attached hydrogens (tertiary/aromatic N) is 1. The Morgan fingerprint density at radius 3 is 2.35 bits per heavy atom. The van der Waals surface area contributed by atoms with Gasteiger partial charge in [0.1, 0.15) is 11.1 Å². The number of piperidine rings is 1. The summed E-state index contributed by atoms with van der Waals surface area (Å²) in [4.78, 5) is 25.1. The summed E-state index contributed by atoms with van der Waals surface area (Å²) in [5.74, 6) is -1.22. The number of hydrogen-bond acceptors (Lipinski definition) is 4. The zero-order valence-electron chi connectivity index (χ0n) is 13.0. The van der Waals surface area contributed by atoms with Gasteiger partial charge in [0.25, 0.3) is 0 Å². The second kappa shape index (κ2) is 5.60. The zero-order valence-corrected chi connectivity index (χ0v) is 13.0. The lowest BCUT2D eigenvalue weighted by molar-refractivity contribution is -0.149. The SMILES string of the molecule is CC(C)C1CN(C(=O)OC(C)(C)C)CCC1(N)C(=O)O. The van der Waals surface area contributed by atoms with E-state index in [1.165, 1.54) is 0 Å². The number of ether oxygens (including phenoxy) is 1. The van der Waals surface area contributed by atoms with Gasteiger partial charge in [-0.1, -0.05) is 13.8 Å². The molecule has 1 amide bonds. The first-order chi connectivity index (χ1) is 8.97. The van der Waals surface area contributed by atoms with Gasteiger partial charge >= 0.3 is 12.1 Å². The smallest absolute Gasteiger partial charge is 0.410 e. The number of nitrogens with two attached hydrogens (primary N) is 1. The predicted molar refractivity (Wildman–Crippen MR) is 75.3 cm³/mol. The molecule has 1 rings (SSSR count). The molecule has 0 aromatic carbocycles. The van der Waals surface area contributed by atoms with E-state index in [0.717, 1.165) is 0 Å². The van der Waals surface area contributed by atoms with Crippen LogP contribution in [0.15, 0.2) is 0 Å². The van der Waals surface area contributed by atoms with Gasteiger partial charge in [-0.05, 0) is 33.1 Å². The van der Waals surface area contributed by atoms with Gasteiger partial charge in [-0.3, -0.25) is 4.79 Å². The lowest BCUT2D eigenvalue weighted by atomic mass is 9.73. The quantitative estimate of drug-likeness (QED) is 0.805. The fourth-order valence-corrected chi connectivity index (χ4v) is 2.56. The van der Waals surface area contributed by atoms with E-state index in [0.29, 0.717) is 13.1 Å². The van der Waals surface area contributed by atoms with Crippen molar-refractivity contribution >= 4 is 12.1 Å². The minimum atomic E-state index is -1.27. The highest BCUT2D eigenvalue weighted by Gasteiger charge is 2.48. The minimum absolute atomic E-state index is 0.0707. The van der Waals surface area contributed by atoms with E-state index >= 15 is 0 Å². The Labute approximate surface area is 120 Å². The number of rotatable bonds is 2. The van der Waals surface area contributed by atoms with Gasteiger partial charge in [0.05, 0.1) is 0 Å². The number of carbonyl (C=O) groups is 2. The molecule has 0 radical (unpaired) electrons. The number of amides is 1. The van der Waals surface area contributed by atoms with Gasteiger partial charge in [-0.15, -0.1) is 0 Å². The molecule has 0 saturated carbocycles. The molecule has 2 atom stereocenters. The summed E-state index contributed by atoms with van der Waals surface area (Å²) in [5.41, 5.74) is 4.23. The first-order valence-electron chi connectivity index (χ1n) is 6.97. The third-order valence-electron chi connectivity index (χ3n) is 3.73. The minimum Gasteiger partial charge on any atom is -0.480 e. The van der Waals surface area contributed by atoms with Gasteiger partial charge in [0.2, 0.25) is 0 Å². The first-order valence-corrected chi connectivity index (χ1v) is 6.97. The molecule has 1 heterocycles. The third kappa shape index (κ3) is 3.62. The molecule has 0 aromatic heterocycles. The van der Waals surface area contributed by atoms with Crippen molar-refractivity contribution in [3.05, 3.63) is 0 Å². The molecule has 0 aliphatic carbocycles. The maximum atomic E-state index is 12.1. The van der Waals surface area contributed by atoms with Crippen molar-refractivity contribution in [3.63, 3.8) is 0 Å². The van der Waals surface area contributed by atoms with Crippen LogP contribution in [0.4, 0.5) is 4.79 Å². The lowest BCUT2D eigenvalue weighted by Crippen LogP contribution is -2.64. The molecule has 6 heteroatoms. The summed E-state index contributed by atoms with van der Waals surface area (Å²) in [6.45, 7) is 9.88. The predicted octanol–water partition coefficient (Wildman–Crippen LogP) is 1.68. The third-order valence-corrected chi connectivity index (χ3v) is 3.73. The number of carboxylic acid groups (broad SMARTS) is 1. The molecule has 1 aliphatic heterocycles. The highest BCUT2D eigenvalue weighted by molar-refractivity contribution is 5.80. The van der Waals surface area contributed by atoms with Crippen LogP contribution in [0.2, 0.25) is 0 Å². The van der Waals surface area contributed by atoms with Crippen molar-refractivity contribution in [2.45, 2.75) is 52.2 Å². The van der Waals surface area contributed by atoms with Crippen molar-refractivity contribution in [2.24, 2.45) is 17.6 Å². The molecule has 1 saturated heterocycles. The molecule has 116 valence electrons. The Bertz CT molecular complexity index is 389. The Morgan fingerprint density at radius 1 is 1.40 bits per heavy atom. The van der Waals surface area contributed by atoms with E-state index in [4.69, 9.17) is 10.5 Å². The second-order valence-corrected chi connectivity index (χ2v) is 6.87. The molecule has 0 spiro atoms. The monoisotopic (exact) mass is 286 g/mol. The topological polar surface area (TPSA) is 92.9 Å². The van der Waals surface area contributed by atoms with Gasteiger partial charge in [0, 0.05) is 19.0 Å². The van der Waals surface area contributed by atoms with Crippen LogP contribution in [0.1, 0.15) is 41.0 Å². The van der Waals surface area contributed by atoms with Crippen molar-refractivity contribution in [1.29, 1.82) is 0 Å². The van der Waals surface area contributed by atoms with Crippen molar-refractivity contribution in [3.8, 4) is 0 Å². The van der Waals surface area contributed by atoms with Crippen LogP contribution in [0.5, 0.6) is 0 Å². The Kier molecular flexibility index (Phi) is 4.69. The molecule has 3 N–H and O–H groups in total. The van der Waals surface area contributed by atoms with Crippen LogP contribution in [0.25, 0.3) is 0 Å². The van der Waals surface area contributed by atoms with Crippen LogP contribution in [-0.2, 0) is 9.53 Å². The number of carbonyl (C=O) groups excluding carboxylic acids is 1. The number of aliphatic carboxylic acids is 1. The summed E-state index contributed by atoms with van der Waals surface area (Å²) in [7, 11) is 0. The maximum absolute atomic E-state index is 12.1. The molecule has 1 fully saturated rings. The fraction of sp³-hybridized carbons (Fsp3) is 0.857. The molecule has 0 aromatic rings. The molecule has 0 bridgehead atoms. The Hall–Kier alpha value is -1.30. The summed E-state index contributed by atoms with van der Waals surface area (Å²) >= 11 is 0. The van der Waals surface area contributed by atoms with Crippen LogP contribution in [0.3, 0.4) is 0 Å². The molecular formula is C14H26N2O4. The highest BCUT2D eigenvalue weighted by Crippen LogP contribution is 2.32. The van der Waals surface area contributed by atoms with Gasteiger partial charge in [-0.2, -0.15) is 0 Å². The van der Waals surface area contributed by atoms with Gasteiger partial charge in [-0.25, -0.2) is 4.79 Å². The Balaban J connectivity index is 2.84. The summed E-state index contributed by atoms with van der Waals surface area (Å²) < 4.78 is 5.33. The molecular weight excluding hydrogens is 260 g/mol. The van der Waals surface area contributed by atoms with E-state index in [-0.39, 0.29) is 18.3 Å². The number of hydrogen-bond donors (Lipinski definition) is 2. The van der Waals surface area contributed by atoms with Gasteiger partial charge < -0.3 is 20.5 Å². The van der Waals surface area contributed by atoms with E-state index < -0.39 is 23.2 Å². The number of carboxylic acids is 1. The van der Waals surface area contributed by atoms with Crippen molar-refractivity contribution < 1.29 is 19.4 Å². The number of likely N-dealkylation sites (tertiary alicyclic amines) is 1. The normalized spacial score (nSPS) is 27.6. The second-order valence-electron chi connectivity index (χ2n) is 6.87. The molecule has 1 aliphatic rings. The van der Waals surface area contributed by atoms with E-state index in [2.05, 4.69) is 0 Å². The van der Waals surface area contributed by atoms with Crippen LogP contribution < -0.4 is 5.73 Å². The molecule has 2 unspecified atom stereocenters. The average Bonchev–Trinajstić information content (AvgIpc) is 2.26. The van der Waals surface area contributed by atoms with Gasteiger partial charge in [0.15, 0.2) is 0 Å². The summed E-state index contributed by atoms with van der Waals surface area (Å²) in [6.07, 6.45) is -0.166. The standard InChI is InChI=1S/C14H26N2O4/c1-9(2)10-8-16(12(19)20-13(3,4)5)7-6-14(10,15)11(17)18/h9-10H,6-8,15H2,1-5H3,(H,17,18). The van der Waals surface area contributed by atoms with E-state index in [1.807, 2.05) is 13.8 Å². The zero-order chi connectivity index (χ0) is 15.7. The van der Waals surface area contributed by atoms with Crippen LogP contribution >= 0.6 is 0 Å². The average molecular weight is 286 g/mol. The summed E-state index contributed by atoms with van der Waals surface area (Å²) in [5, 5.41) is 9.37. The lowest BCUT2D eigenvalue weighted by Gasteiger charge is -2.44. The van der Waals surface area contributed by atoms with Crippen molar-refractivity contribution in [2.75, 3.05) is 13.1 Å². The first kappa shape index (κ1) is 16.8. The maximum Gasteiger partial charge on any atom is 0.410 e. The highest BCUT2D eigenvalue weighted by atomic mass is 16.6. The van der Waals surface area contributed by atoms with E-state index in [1.54, 1.807) is 25.7 Å². The molecule has 6 nitrogen and oxygen atoms in total. The summed E-state index contributed by atoms with van der Waals surface area (Å²) in [6, 6.07) is 0. The van der Waals surface area contributed by atoms with Crippen molar-refractivity contribution in [1.82, 2.24) is 4.90 Å². The van der Waals surface area contributed by atoms with Crippen LogP contribution in [0, 0.1) is 11.8 Å². The Morgan fingerprint density at radius 2 is 1.95 bits per heavy atom. The van der Waals surface area contributed by atoms with Crippen LogP contribution in [-0.4, -0.2) is 46.3 Å². The van der Waals surface area contributed by atoms with E-state index in [9.17, 15) is 14.7 Å².